The van der Waals surface area contributed by atoms with Gasteiger partial charge < -0.3 is 19.5 Å². The molecule has 0 bridgehead atoms. The fourth-order valence-electron chi connectivity index (χ4n) is 2.67. The van der Waals surface area contributed by atoms with Crippen LogP contribution in [0.3, 0.4) is 0 Å². The number of benzene rings is 1. The molecule has 2 aliphatic rings. The number of carbonyl (C=O) groups is 1. The predicted octanol–water partition coefficient (Wildman–Crippen LogP) is 0.147. The fraction of sp³-hybridized carbons (Fsp3) is 0.588. The van der Waals surface area contributed by atoms with Gasteiger partial charge in [-0.05, 0) is 18.2 Å². The highest BCUT2D eigenvalue weighted by atomic mass is 32.2. The van der Waals surface area contributed by atoms with Crippen molar-refractivity contribution in [1.29, 1.82) is 0 Å². The Morgan fingerprint density at radius 1 is 1.27 bits per heavy atom. The molecule has 2 heterocycles. The zero-order valence-electron chi connectivity index (χ0n) is 14.7. The topological polar surface area (TPSA) is 103 Å². The number of sulfonamides is 1. The lowest BCUT2D eigenvalue weighted by atomic mass is 9.89. The van der Waals surface area contributed by atoms with Crippen molar-refractivity contribution in [2.45, 2.75) is 17.9 Å². The number of amides is 1. The number of hydrogen-bond acceptors (Lipinski definition) is 6. The molecule has 1 aromatic carbocycles. The molecule has 0 aliphatic carbocycles. The molecule has 2 saturated heterocycles. The van der Waals surface area contributed by atoms with Crippen molar-refractivity contribution < 1.29 is 27.4 Å². The Hall–Kier alpha value is -1.52. The summed E-state index contributed by atoms with van der Waals surface area (Å²) in [4.78, 5) is 12.4. The predicted molar refractivity (Wildman–Crippen MR) is 93.4 cm³/mol. The Bertz CT molecular complexity index is 741. The van der Waals surface area contributed by atoms with Crippen molar-refractivity contribution in [2.75, 3.05) is 46.1 Å². The van der Waals surface area contributed by atoms with E-state index in [1.165, 1.54) is 12.1 Å². The highest BCUT2D eigenvalue weighted by Gasteiger charge is 2.34. The first-order valence-corrected chi connectivity index (χ1v) is 10.0. The lowest BCUT2D eigenvalue weighted by molar-refractivity contribution is -0.0965. The summed E-state index contributed by atoms with van der Waals surface area (Å²) >= 11 is 0. The van der Waals surface area contributed by atoms with E-state index in [1.807, 2.05) is 6.92 Å². The maximum Gasteiger partial charge on any atom is 0.251 e. The van der Waals surface area contributed by atoms with E-state index in [9.17, 15) is 13.2 Å². The summed E-state index contributed by atoms with van der Waals surface area (Å²) in [6.07, 6.45) is -0.188. The zero-order chi connectivity index (χ0) is 18.6. The molecule has 0 aromatic heterocycles. The summed E-state index contributed by atoms with van der Waals surface area (Å²) in [5.74, 6) is -0.351. The third-order valence-electron chi connectivity index (χ3n) is 4.37. The van der Waals surface area contributed by atoms with Crippen molar-refractivity contribution in [3.05, 3.63) is 29.8 Å². The third kappa shape index (κ3) is 4.80. The van der Waals surface area contributed by atoms with Gasteiger partial charge in [0.25, 0.3) is 5.91 Å². The Kier molecular flexibility index (Phi) is 5.93. The number of hydrogen-bond donors (Lipinski definition) is 2. The summed E-state index contributed by atoms with van der Waals surface area (Å²) in [5.41, 5.74) is 0.104. The van der Waals surface area contributed by atoms with E-state index in [1.54, 1.807) is 12.1 Å². The van der Waals surface area contributed by atoms with Crippen molar-refractivity contribution >= 4 is 15.9 Å². The third-order valence-corrected chi connectivity index (χ3v) is 5.77. The average molecular weight is 384 g/mol. The molecular weight excluding hydrogens is 360 g/mol. The van der Waals surface area contributed by atoms with Crippen LogP contribution in [0.5, 0.6) is 0 Å². The molecule has 2 aliphatic heterocycles. The molecule has 1 amide bonds. The van der Waals surface area contributed by atoms with Crippen molar-refractivity contribution in [3.63, 3.8) is 0 Å². The van der Waals surface area contributed by atoms with Crippen LogP contribution in [0, 0.1) is 5.41 Å². The second kappa shape index (κ2) is 8.01. The molecule has 1 aromatic rings. The summed E-state index contributed by atoms with van der Waals surface area (Å²) in [5, 5.41) is 2.75. The molecule has 0 unspecified atom stereocenters. The molecule has 0 radical (unpaired) electrons. The minimum absolute atomic E-state index is 0.0613. The summed E-state index contributed by atoms with van der Waals surface area (Å²) in [6, 6.07) is 5.97. The summed E-state index contributed by atoms with van der Waals surface area (Å²) in [7, 11) is -3.69. The highest BCUT2D eigenvalue weighted by molar-refractivity contribution is 7.89. The first-order valence-electron chi connectivity index (χ1n) is 8.53. The first-order chi connectivity index (χ1) is 12.4. The molecule has 2 N–H and O–H groups in total. The van der Waals surface area contributed by atoms with Gasteiger partial charge in [-0.3, -0.25) is 4.79 Å². The Balaban J connectivity index is 1.60. The SMILES string of the molecule is CC1(CNS(=O)(=O)c2cccc(C(=O)NC[C@@H]3COCCO3)c2)COC1. The smallest absolute Gasteiger partial charge is 0.251 e. The molecule has 2 fully saturated rings. The quantitative estimate of drug-likeness (QED) is 0.694. The second-order valence-corrected chi connectivity index (χ2v) is 8.70. The van der Waals surface area contributed by atoms with Crippen LogP contribution < -0.4 is 10.0 Å². The van der Waals surface area contributed by atoms with E-state index < -0.39 is 10.0 Å². The van der Waals surface area contributed by atoms with Gasteiger partial charge in [-0.2, -0.15) is 0 Å². The van der Waals surface area contributed by atoms with E-state index >= 15 is 0 Å². The minimum atomic E-state index is -3.69. The van der Waals surface area contributed by atoms with Crippen molar-refractivity contribution in [1.82, 2.24) is 10.0 Å². The second-order valence-electron chi connectivity index (χ2n) is 6.93. The van der Waals surface area contributed by atoms with E-state index in [0.29, 0.717) is 46.1 Å². The van der Waals surface area contributed by atoms with Crippen LogP contribution in [0.25, 0.3) is 0 Å². The fourth-order valence-corrected chi connectivity index (χ4v) is 3.92. The van der Waals surface area contributed by atoms with Crippen LogP contribution in [0.15, 0.2) is 29.2 Å². The van der Waals surface area contributed by atoms with E-state index in [-0.39, 0.29) is 27.9 Å². The maximum absolute atomic E-state index is 12.5. The molecule has 0 saturated carbocycles. The van der Waals surface area contributed by atoms with E-state index in [2.05, 4.69) is 10.0 Å². The van der Waals surface area contributed by atoms with Crippen LogP contribution in [-0.4, -0.2) is 66.6 Å². The molecule has 8 nitrogen and oxygen atoms in total. The minimum Gasteiger partial charge on any atom is -0.380 e. The normalized spacial score (nSPS) is 22.4. The standard InChI is InChI=1S/C17H24N2O6S/c1-17(11-24-12-17)10-19-26(21,22)15-4-2-3-13(7-15)16(20)18-8-14-9-23-5-6-25-14/h2-4,7,14,19H,5-6,8-12H2,1H3,(H,18,20)/t14-/m1/s1. The van der Waals surface area contributed by atoms with Crippen LogP contribution in [0.1, 0.15) is 17.3 Å². The number of ether oxygens (including phenoxy) is 3. The molecule has 3 rings (SSSR count). The largest absolute Gasteiger partial charge is 0.380 e. The lowest BCUT2D eigenvalue weighted by Crippen LogP contribution is -2.48. The highest BCUT2D eigenvalue weighted by Crippen LogP contribution is 2.26. The number of carbonyl (C=O) groups excluding carboxylic acids is 1. The van der Waals surface area contributed by atoms with Gasteiger partial charge in [-0.1, -0.05) is 13.0 Å². The van der Waals surface area contributed by atoms with Crippen LogP contribution in [-0.2, 0) is 24.2 Å². The van der Waals surface area contributed by atoms with Gasteiger partial charge in [0.05, 0.1) is 44.0 Å². The van der Waals surface area contributed by atoms with Crippen LogP contribution in [0.2, 0.25) is 0 Å². The molecule has 9 heteroatoms. The summed E-state index contributed by atoms with van der Waals surface area (Å²) in [6.45, 7) is 5.13. The molecule has 0 spiro atoms. The Labute approximate surface area is 153 Å². The molecule has 144 valence electrons. The lowest BCUT2D eigenvalue weighted by Gasteiger charge is -2.37. The number of nitrogens with one attached hydrogen (secondary N) is 2. The number of rotatable bonds is 7. The van der Waals surface area contributed by atoms with Crippen LogP contribution >= 0.6 is 0 Å². The van der Waals surface area contributed by atoms with Gasteiger partial charge in [0, 0.05) is 24.1 Å². The monoisotopic (exact) mass is 384 g/mol. The Morgan fingerprint density at radius 3 is 2.73 bits per heavy atom. The van der Waals surface area contributed by atoms with Gasteiger partial charge >= 0.3 is 0 Å². The molecule has 26 heavy (non-hydrogen) atoms. The van der Waals surface area contributed by atoms with E-state index in [0.717, 1.165) is 0 Å². The van der Waals surface area contributed by atoms with E-state index in [4.69, 9.17) is 14.2 Å². The van der Waals surface area contributed by atoms with Gasteiger partial charge in [0.2, 0.25) is 10.0 Å². The zero-order valence-corrected chi connectivity index (χ0v) is 15.5. The molecular formula is C17H24N2O6S. The van der Waals surface area contributed by atoms with Gasteiger partial charge in [-0.25, -0.2) is 13.1 Å². The molecule has 1 atom stereocenters. The maximum atomic E-state index is 12.5. The first kappa shape index (κ1) is 19.2. The van der Waals surface area contributed by atoms with Gasteiger partial charge in [0.1, 0.15) is 0 Å². The van der Waals surface area contributed by atoms with Gasteiger partial charge in [0.15, 0.2) is 0 Å². The van der Waals surface area contributed by atoms with Crippen LogP contribution in [0.4, 0.5) is 0 Å². The summed E-state index contributed by atoms with van der Waals surface area (Å²) < 4.78 is 43.4. The Morgan fingerprint density at radius 2 is 2.08 bits per heavy atom. The van der Waals surface area contributed by atoms with Crippen molar-refractivity contribution in [2.24, 2.45) is 5.41 Å². The van der Waals surface area contributed by atoms with Crippen molar-refractivity contribution in [3.8, 4) is 0 Å². The van der Waals surface area contributed by atoms with Gasteiger partial charge in [-0.15, -0.1) is 0 Å². The average Bonchev–Trinajstić information content (AvgIpc) is 2.64.